The van der Waals surface area contributed by atoms with E-state index in [1.54, 1.807) is 6.26 Å². The molecule has 0 bridgehead atoms. The summed E-state index contributed by atoms with van der Waals surface area (Å²) in [6.45, 7) is 0. The van der Waals surface area contributed by atoms with Gasteiger partial charge in [-0.2, -0.15) is 4.99 Å². The molecule has 2 saturated carbocycles. The molecule has 0 saturated heterocycles. The van der Waals surface area contributed by atoms with Gasteiger partial charge in [0.2, 0.25) is 0 Å². The van der Waals surface area contributed by atoms with Gasteiger partial charge in [-0.25, -0.2) is 9.59 Å². The van der Waals surface area contributed by atoms with Gasteiger partial charge in [-0.15, -0.1) is 0 Å². The van der Waals surface area contributed by atoms with E-state index in [1.165, 1.54) is 24.6 Å². The van der Waals surface area contributed by atoms with Gasteiger partial charge in [0.25, 0.3) is 0 Å². The lowest BCUT2D eigenvalue weighted by molar-refractivity contribution is 0.237. The van der Waals surface area contributed by atoms with Gasteiger partial charge in [0.15, 0.2) is 5.17 Å². The van der Waals surface area contributed by atoms with Crippen LogP contribution in [0.25, 0.3) is 0 Å². The topological polar surface area (TPSA) is 82.6 Å². The van der Waals surface area contributed by atoms with Crippen LogP contribution < -0.4 is 16.0 Å². The fraction of sp³-hybridized carbons (Fsp3) is 0.812. The van der Waals surface area contributed by atoms with Crippen molar-refractivity contribution in [3.05, 3.63) is 0 Å². The van der Waals surface area contributed by atoms with Crippen LogP contribution in [0.2, 0.25) is 0 Å². The molecule has 0 aromatic rings. The van der Waals surface area contributed by atoms with Crippen molar-refractivity contribution in [3.8, 4) is 0 Å². The van der Waals surface area contributed by atoms with Crippen LogP contribution >= 0.6 is 11.8 Å². The van der Waals surface area contributed by atoms with Crippen molar-refractivity contribution >= 4 is 29.0 Å². The van der Waals surface area contributed by atoms with Crippen LogP contribution in [0.15, 0.2) is 4.99 Å². The maximum absolute atomic E-state index is 12.0. The van der Waals surface area contributed by atoms with E-state index < -0.39 is 0 Å². The molecule has 2 aliphatic carbocycles. The Hall–Kier alpha value is -1.24. The highest BCUT2D eigenvalue weighted by Crippen LogP contribution is 2.18. The smallest absolute Gasteiger partial charge is 0.335 e. The van der Waals surface area contributed by atoms with Crippen molar-refractivity contribution in [2.75, 3.05) is 6.26 Å². The predicted molar refractivity (Wildman–Crippen MR) is 94.9 cm³/mol. The molecule has 2 fully saturated rings. The number of hydrogen-bond acceptors (Lipinski definition) is 3. The molecule has 130 valence electrons. The Balaban J connectivity index is 1.77. The Labute approximate surface area is 142 Å². The average molecular weight is 340 g/mol. The standard InChI is InChI=1S/C16H28N4O2S/c1-23-16(19-14(21)17-12-8-4-2-5-9-12)20-15(22)18-13-10-6-3-7-11-13/h12-13H,2-11H2,1H3,(H3,17,18,19,20,21,22). The van der Waals surface area contributed by atoms with Crippen molar-refractivity contribution in [2.45, 2.75) is 76.3 Å². The lowest BCUT2D eigenvalue weighted by atomic mass is 9.96. The second kappa shape index (κ2) is 9.80. The highest BCUT2D eigenvalue weighted by molar-refractivity contribution is 8.13. The molecular formula is C16H28N4O2S. The number of nitrogens with one attached hydrogen (secondary N) is 3. The monoisotopic (exact) mass is 340 g/mol. The summed E-state index contributed by atoms with van der Waals surface area (Å²) in [6.07, 6.45) is 13.0. The second-order valence-corrected chi connectivity index (χ2v) is 7.13. The number of urea groups is 2. The van der Waals surface area contributed by atoms with Crippen LogP contribution in [0, 0.1) is 0 Å². The fourth-order valence-corrected chi connectivity index (χ4v) is 3.61. The molecule has 0 atom stereocenters. The van der Waals surface area contributed by atoms with E-state index in [2.05, 4.69) is 20.9 Å². The van der Waals surface area contributed by atoms with E-state index in [0.29, 0.717) is 5.17 Å². The van der Waals surface area contributed by atoms with Gasteiger partial charge in [-0.3, -0.25) is 5.32 Å². The molecule has 4 amide bonds. The number of amidine groups is 1. The third-order valence-electron chi connectivity index (χ3n) is 4.49. The highest BCUT2D eigenvalue weighted by Gasteiger charge is 2.18. The zero-order chi connectivity index (χ0) is 16.5. The number of rotatable bonds is 2. The number of nitrogens with zero attached hydrogens (tertiary/aromatic N) is 1. The molecule has 2 aliphatic rings. The Morgan fingerprint density at radius 2 is 1.39 bits per heavy atom. The Morgan fingerprint density at radius 1 is 0.870 bits per heavy atom. The summed E-state index contributed by atoms with van der Waals surface area (Å²) < 4.78 is 0. The molecule has 0 aromatic heterocycles. The van der Waals surface area contributed by atoms with Crippen molar-refractivity contribution in [1.82, 2.24) is 16.0 Å². The number of aliphatic imine (C=N–C) groups is 1. The molecule has 0 unspecified atom stereocenters. The largest absolute Gasteiger partial charge is 0.343 e. The molecule has 0 aromatic carbocycles. The van der Waals surface area contributed by atoms with Crippen LogP contribution in [-0.2, 0) is 0 Å². The Morgan fingerprint density at radius 3 is 1.91 bits per heavy atom. The highest BCUT2D eigenvalue weighted by atomic mass is 32.2. The molecular weight excluding hydrogens is 312 g/mol. The first-order valence-electron chi connectivity index (χ1n) is 8.68. The number of carbonyl (C=O) groups is 2. The minimum Gasteiger partial charge on any atom is -0.335 e. The van der Waals surface area contributed by atoms with Crippen LogP contribution in [0.1, 0.15) is 64.2 Å². The van der Waals surface area contributed by atoms with E-state index in [0.717, 1.165) is 51.4 Å². The van der Waals surface area contributed by atoms with Crippen LogP contribution in [-0.4, -0.2) is 35.6 Å². The summed E-state index contributed by atoms with van der Waals surface area (Å²) in [5.41, 5.74) is 0. The summed E-state index contributed by atoms with van der Waals surface area (Å²) in [6, 6.07) is -0.170. The zero-order valence-corrected chi connectivity index (χ0v) is 14.7. The summed E-state index contributed by atoms with van der Waals surface area (Å²) >= 11 is 1.27. The van der Waals surface area contributed by atoms with Crippen LogP contribution in [0.3, 0.4) is 0 Å². The molecule has 0 aliphatic heterocycles. The van der Waals surface area contributed by atoms with Gasteiger partial charge in [-0.05, 0) is 31.9 Å². The fourth-order valence-electron chi connectivity index (χ4n) is 3.24. The predicted octanol–water partition coefficient (Wildman–Crippen LogP) is 3.38. The van der Waals surface area contributed by atoms with E-state index in [9.17, 15) is 9.59 Å². The van der Waals surface area contributed by atoms with E-state index in [1.807, 2.05) is 0 Å². The molecule has 2 rings (SSSR count). The third kappa shape index (κ3) is 6.81. The summed E-state index contributed by atoms with van der Waals surface area (Å²) in [7, 11) is 0. The van der Waals surface area contributed by atoms with Crippen molar-refractivity contribution < 1.29 is 9.59 Å². The van der Waals surface area contributed by atoms with E-state index >= 15 is 0 Å². The maximum Gasteiger partial charge on any atom is 0.343 e. The molecule has 7 heteroatoms. The van der Waals surface area contributed by atoms with E-state index in [-0.39, 0.29) is 24.1 Å². The number of carbonyl (C=O) groups excluding carboxylic acids is 2. The third-order valence-corrected chi connectivity index (χ3v) is 5.07. The number of thioether (sulfide) groups is 1. The lowest BCUT2D eigenvalue weighted by Crippen LogP contribution is -2.45. The average Bonchev–Trinajstić information content (AvgIpc) is 2.56. The lowest BCUT2D eigenvalue weighted by Gasteiger charge is -2.23. The van der Waals surface area contributed by atoms with Gasteiger partial charge >= 0.3 is 12.1 Å². The van der Waals surface area contributed by atoms with Gasteiger partial charge in [0.05, 0.1) is 0 Å². The maximum atomic E-state index is 12.0. The van der Waals surface area contributed by atoms with Crippen molar-refractivity contribution in [3.63, 3.8) is 0 Å². The minimum absolute atomic E-state index is 0.221. The number of hydrogen-bond donors (Lipinski definition) is 3. The quantitative estimate of drug-likeness (QED) is 0.532. The van der Waals surface area contributed by atoms with Crippen molar-refractivity contribution in [2.24, 2.45) is 4.99 Å². The normalized spacial score (nSPS) is 20.8. The van der Waals surface area contributed by atoms with Crippen molar-refractivity contribution in [1.29, 1.82) is 0 Å². The molecule has 0 spiro atoms. The van der Waals surface area contributed by atoms with Gasteiger partial charge in [-0.1, -0.05) is 50.3 Å². The van der Waals surface area contributed by atoms with Crippen LogP contribution in [0.4, 0.5) is 9.59 Å². The van der Waals surface area contributed by atoms with Gasteiger partial charge in [0, 0.05) is 12.1 Å². The first-order valence-corrected chi connectivity index (χ1v) is 9.90. The second-order valence-electron chi connectivity index (χ2n) is 6.34. The number of amides is 4. The molecule has 6 nitrogen and oxygen atoms in total. The summed E-state index contributed by atoms with van der Waals surface area (Å²) in [4.78, 5) is 28.0. The zero-order valence-electron chi connectivity index (χ0n) is 13.9. The van der Waals surface area contributed by atoms with E-state index in [4.69, 9.17) is 0 Å². The summed E-state index contributed by atoms with van der Waals surface area (Å²) in [5.74, 6) is 0. The summed E-state index contributed by atoms with van der Waals surface area (Å²) in [5, 5.41) is 8.91. The SMILES string of the molecule is CSC(=NC(=O)NC1CCCCC1)NC(=O)NC1CCCCC1. The Bertz CT molecular complexity index is 430. The Kier molecular flexibility index (Phi) is 7.71. The van der Waals surface area contributed by atoms with Gasteiger partial charge in [0.1, 0.15) is 0 Å². The van der Waals surface area contributed by atoms with Gasteiger partial charge < -0.3 is 10.6 Å². The molecule has 0 radical (unpaired) electrons. The molecule has 3 N–H and O–H groups in total. The first-order chi connectivity index (χ1) is 11.2. The first kappa shape index (κ1) is 18.1. The molecule has 0 heterocycles. The van der Waals surface area contributed by atoms with Crippen LogP contribution in [0.5, 0.6) is 0 Å². The molecule has 23 heavy (non-hydrogen) atoms. The minimum atomic E-state index is -0.362.